The van der Waals surface area contributed by atoms with Crippen molar-refractivity contribution in [3.05, 3.63) is 0 Å². The molecule has 16 heavy (non-hydrogen) atoms. The van der Waals surface area contributed by atoms with E-state index in [0.29, 0.717) is 39.0 Å². The molecule has 2 amide bonds. The molecule has 1 fully saturated rings. The summed E-state index contributed by atoms with van der Waals surface area (Å²) in [5.74, 6) is -1.02. The molecule has 1 aliphatic rings. The van der Waals surface area contributed by atoms with Gasteiger partial charge in [0.25, 0.3) is 0 Å². The molecule has 1 aliphatic heterocycles. The van der Waals surface area contributed by atoms with E-state index in [9.17, 15) is 9.59 Å². The van der Waals surface area contributed by atoms with Gasteiger partial charge in [0, 0.05) is 26.2 Å². The van der Waals surface area contributed by atoms with Crippen LogP contribution in [0.4, 0.5) is 4.79 Å². The molecule has 0 saturated carbocycles. The van der Waals surface area contributed by atoms with E-state index in [4.69, 9.17) is 5.11 Å². The first kappa shape index (κ1) is 12.8. The first-order chi connectivity index (χ1) is 7.60. The standard InChI is InChI=1S/C11H20N2O3/c1-3-12(4-2)11(16)13-7-5-9(6-8-13)10(14)15/h9H,3-8H2,1-2H3,(H,14,15). The zero-order chi connectivity index (χ0) is 12.1. The summed E-state index contributed by atoms with van der Waals surface area (Å²) in [4.78, 5) is 26.2. The van der Waals surface area contributed by atoms with Crippen LogP contribution < -0.4 is 0 Å². The van der Waals surface area contributed by atoms with E-state index >= 15 is 0 Å². The fourth-order valence-corrected chi connectivity index (χ4v) is 2.01. The minimum atomic E-state index is -0.741. The molecule has 0 aromatic rings. The fraction of sp³-hybridized carbons (Fsp3) is 0.818. The second-order valence-corrected chi connectivity index (χ2v) is 4.05. The maximum absolute atomic E-state index is 11.9. The van der Waals surface area contributed by atoms with Gasteiger partial charge in [-0.25, -0.2) is 4.79 Å². The SMILES string of the molecule is CCN(CC)C(=O)N1CCC(C(=O)O)CC1. The first-order valence-corrected chi connectivity index (χ1v) is 5.86. The molecule has 0 bridgehead atoms. The lowest BCUT2D eigenvalue weighted by Gasteiger charge is -2.33. The third kappa shape index (κ3) is 2.87. The van der Waals surface area contributed by atoms with E-state index in [1.807, 2.05) is 13.8 Å². The Hall–Kier alpha value is -1.26. The van der Waals surface area contributed by atoms with Crippen molar-refractivity contribution in [3.8, 4) is 0 Å². The van der Waals surface area contributed by atoms with E-state index < -0.39 is 5.97 Å². The van der Waals surface area contributed by atoms with Crippen LogP contribution in [0.2, 0.25) is 0 Å². The molecule has 1 N–H and O–H groups in total. The van der Waals surface area contributed by atoms with Gasteiger partial charge in [-0.1, -0.05) is 0 Å². The Kier molecular flexibility index (Phi) is 4.58. The summed E-state index contributed by atoms with van der Waals surface area (Å²) in [5, 5.41) is 8.85. The van der Waals surface area contributed by atoms with Crippen LogP contribution >= 0.6 is 0 Å². The van der Waals surface area contributed by atoms with Crippen molar-refractivity contribution in [3.63, 3.8) is 0 Å². The van der Waals surface area contributed by atoms with E-state index in [2.05, 4.69) is 0 Å². The molecule has 0 spiro atoms. The highest BCUT2D eigenvalue weighted by molar-refractivity contribution is 5.75. The predicted octanol–water partition coefficient (Wildman–Crippen LogP) is 1.24. The molecular weight excluding hydrogens is 208 g/mol. The monoisotopic (exact) mass is 228 g/mol. The number of hydrogen-bond donors (Lipinski definition) is 1. The predicted molar refractivity (Wildman–Crippen MR) is 60.2 cm³/mol. The highest BCUT2D eigenvalue weighted by atomic mass is 16.4. The van der Waals surface area contributed by atoms with Crippen LogP contribution in [-0.4, -0.2) is 53.1 Å². The maximum Gasteiger partial charge on any atom is 0.319 e. The van der Waals surface area contributed by atoms with Crippen molar-refractivity contribution in [2.75, 3.05) is 26.2 Å². The van der Waals surface area contributed by atoms with E-state index in [1.165, 1.54) is 0 Å². The van der Waals surface area contributed by atoms with E-state index in [0.717, 1.165) is 0 Å². The molecule has 0 aromatic carbocycles. The molecule has 0 aromatic heterocycles. The Morgan fingerprint density at radius 1 is 1.25 bits per heavy atom. The Morgan fingerprint density at radius 3 is 2.12 bits per heavy atom. The number of carboxylic acids is 1. The summed E-state index contributed by atoms with van der Waals surface area (Å²) in [7, 11) is 0. The normalized spacial score (nSPS) is 17.2. The van der Waals surface area contributed by atoms with Gasteiger partial charge in [-0.15, -0.1) is 0 Å². The average Bonchev–Trinajstić information content (AvgIpc) is 2.30. The lowest BCUT2D eigenvalue weighted by Crippen LogP contribution is -2.47. The van der Waals surface area contributed by atoms with Crippen molar-refractivity contribution in [2.45, 2.75) is 26.7 Å². The van der Waals surface area contributed by atoms with Crippen LogP contribution in [0.1, 0.15) is 26.7 Å². The molecule has 5 heteroatoms. The molecule has 1 rings (SSSR count). The topological polar surface area (TPSA) is 60.9 Å². The third-order valence-corrected chi connectivity index (χ3v) is 3.15. The summed E-state index contributed by atoms with van der Waals surface area (Å²) in [5.41, 5.74) is 0. The molecule has 0 unspecified atom stereocenters. The molecule has 92 valence electrons. The third-order valence-electron chi connectivity index (χ3n) is 3.15. The largest absolute Gasteiger partial charge is 0.481 e. The zero-order valence-corrected chi connectivity index (χ0v) is 9.98. The van der Waals surface area contributed by atoms with Gasteiger partial charge in [0.05, 0.1) is 5.92 Å². The number of carbonyl (C=O) groups excluding carboxylic acids is 1. The number of aliphatic carboxylic acids is 1. The van der Waals surface area contributed by atoms with Crippen LogP contribution in [-0.2, 0) is 4.79 Å². The Balaban J connectivity index is 2.47. The minimum Gasteiger partial charge on any atom is -0.481 e. The molecular formula is C11H20N2O3. The Morgan fingerprint density at radius 2 is 1.75 bits per heavy atom. The van der Waals surface area contributed by atoms with Crippen LogP contribution in [0, 0.1) is 5.92 Å². The molecule has 0 atom stereocenters. The van der Waals surface area contributed by atoms with Crippen LogP contribution in [0.15, 0.2) is 0 Å². The van der Waals surface area contributed by atoms with Crippen molar-refractivity contribution < 1.29 is 14.7 Å². The van der Waals surface area contributed by atoms with Crippen molar-refractivity contribution in [1.29, 1.82) is 0 Å². The number of amides is 2. The first-order valence-electron chi connectivity index (χ1n) is 5.86. The highest BCUT2D eigenvalue weighted by Gasteiger charge is 2.28. The lowest BCUT2D eigenvalue weighted by atomic mass is 9.97. The molecule has 1 saturated heterocycles. The zero-order valence-electron chi connectivity index (χ0n) is 9.98. The lowest BCUT2D eigenvalue weighted by molar-refractivity contribution is -0.143. The summed E-state index contributed by atoms with van der Waals surface area (Å²) >= 11 is 0. The minimum absolute atomic E-state index is 0.0360. The van der Waals surface area contributed by atoms with Gasteiger partial charge < -0.3 is 14.9 Å². The van der Waals surface area contributed by atoms with Gasteiger partial charge in [-0.3, -0.25) is 4.79 Å². The van der Waals surface area contributed by atoms with Crippen molar-refractivity contribution in [1.82, 2.24) is 9.80 Å². The number of hydrogen-bond acceptors (Lipinski definition) is 2. The van der Waals surface area contributed by atoms with Crippen molar-refractivity contribution in [2.24, 2.45) is 5.92 Å². The van der Waals surface area contributed by atoms with Gasteiger partial charge in [0.1, 0.15) is 0 Å². The van der Waals surface area contributed by atoms with Gasteiger partial charge in [-0.05, 0) is 26.7 Å². The van der Waals surface area contributed by atoms with Gasteiger partial charge in [0.2, 0.25) is 0 Å². The van der Waals surface area contributed by atoms with Gasteiger partial charge >= 0.3 is 12.0 Å². The number of likely N-dealkylation sites (tertiary alicyclic amines) is 1. The second-order valence-electron chi connectivity index (χ2n) is 4.05. The summed E-state index contributed by atoms with van der Waals surface area (Å²) in [6.45, 7) is 6.43. The van der Waals surface area contributed by atoms with Crippen LogP contribution in [0.25, 0.3) is 0 Å². The molecule has 0 radical (unpaired) electrons. The smallest absolute Gasteiger partial charge is 0.319 e. The highest BCUT2D eigenvalue weighted by Crippen LogP contribution is 2.18. The quantitative estimate of drug-likeness (QED) is 0.790. The summed E-state index contributed by atoms with van der Waals surface area (Å²) in [6.07, 6.45) is 1.14. The Bertz CT molecular complexity index is 256. The average molecular weight is 228 g/mol. The fourth-order valence-electron chi connectivity index (χ4n) is 2.01. The van der Waals surface area contributed by atoms with Gasteiger partial charge in [0.15, 0.2) is 0 Å². The number of carboxylic acid groups (broad SMARTS) is 1. The molecule has 5 nitrogen and oxygen atoms in total. The Labute approximate surface area is 96.0 Å². The number of piperidine rings is 1. The summed E-state index contributed by atoms with van der Waals surface area (Å²) < 4.78 is 0. The maximum atomic E-state index is 11.9. The number of rotatable bonds is 3. The van der Waals surface area contributed by atoms with Crippen LogP contribution in [0.5, 0.6) is 0 Å². The van der Waals surface area contributed by atoms with E-state index in [1.54, 1.807) is 9.80 Å². The summed E-state index contributed by atoms with van der Waals surface area (Å²) in [6, 6.07) is 0.0360. The van der Waals surface area contributed by atoms with E-state index in [-0.39, 0.29) is 11.9 Å². The second kappa shape index (κ2) is 5.72. The van der Waals surface area contributed by atoms with Crippen LogP contribution in [0.3, 0.4) is 0 Å². The number of carbonyl (C=O) groups is 2. The van der Waals surface area contributed by atoms with Crippen molar-refractivity contribution >= 4 is 12.0 Å². The molecule has 1 heterocycles. The van der Waals surface area contributed by atoms with Gasteiger partial charge in [-0.2, -0.15) is 0 Å². The number of urea groups is 1. The number of nitrogens with zero attached hydrogens (tertiary/aromatic N) is 2. The molecule has 0 aliphatic carbocycles.